The van der Waals surface area contributed by atoms with E-state index in [0.717, 1.165) is 19.5 Å². The zero-order valence-electron chi connectivity index (χ0n) is 11.8. The lowest BCUT2D eigenvalue weighted by Crippen LogP contribution is -2.67. The third kappa shape index (κ3) is 2.46. The standard InChI is InChI=1S/C14H25N3O2/c1-19-14(18)17-10-7-15-13-11(5-4-6-12(13)17)16-8-2-3-9-16/h11-13,15H,2-10H2,1H3/t11-,12?,13+/m0/s1. The highest BCUT2D eigenvalue weighted by Gasteiger charge is 2.43. The van der Waals surface area contributed by atoms with Crippen LogP contribution in [-0.4, -0.2) is 67.3 Å². The number of carbonyl (C=O) groups excluding carboxylic acids is 1. The summed E-state index contributed by atoms with van der Waals surface area (Å²) in [5, 5.41) is 3.67. The van der Waals surface area contributed by atoms with Gasteiger partial charge in [-0.2, -0.15) is 0 Å². The summed E-state index contributed by atoms with van der Waals surface area (Å²) < 4.78 is 4.95. The third-order valence-corrected chi connectivity index (χ3v) is 4.98. The highest BCUT2D eigenvalue weighted by Crippen LogP contribution is 2.31. The zero-order valence-corrected chi connectivity index (χ0v) is 11.8. The van der Waals surface area contributed by atoms with Crippen molar-refractivity contribution in [1.82, 2.24) is 15.1 Å². The maximum atomic E-state index is 11.9. The van der Waals surface area contributed by atoms with E-state index >= 15 is 0 Å². The molecule has 1 N–H and O–H groups in total. The number of hydrogen-bond acceptors (Lipinski definition) is 4. The molecule has 0 spiro atoms. The second kappa shape index (κ2) is 5.67. The van der Waals surface area contributed by atoms with Crippen molar-refractivity contribution in [2.24, 2.45) is 0 Å². The number of fused-ring (bicyclic) bond motifs is 1. The summed E-state index contributed by atoms with van der Waals surface area (Å²) in [6.07, 6.45) is 6.10. The molecule has 1 unspecified atom stereocenters. The molecule has 1 amide bonds. The second-order valence-electron chi connectivity index (χ2n) is 5.95. The van der Waals surface area contributed by atoms with Crippen molar-refractivity contribution in [3.05, 3.63) is 0 Å². The molecule has 3 aliphatic rings. The Morgan fingerprint density at radius 2 is 1.84 bits per heavy atom. The first kappa shape index (κ1) is 13.2. The van der Waals surface area contributed by atoms with Gasteiger partial charge in [0.25, 0.3) is 0 Å². The van der Waals surface area contributed by atoms with Gasteiger partial charge in [0.15, 0.2) is 0 Å². The average Bonchev–Trinajstić information content (AvgIpc) is 2.99. The molecule has 5 nitrogen and oxygen atoms in total. The molecule has 3 rings (SSSR count). The fourth-order valence-corrected chi connectivity index (χ4v) is 4.12. The monoisotopic (exact) mass is 267 g/mol. The van der Waals surface area contributed by atoms with Crippen molar-refractivity contribution in [1.29, 1.82) is 0 Å². The number of nitrogens with one attached hydrogen (secondary N) is 1. The Morgan fingerprint density at radius 1 is 1.11 bits per heavy atom. The molecule has 0 bridgehead atoms. The number of methoxy groups -OCH3 is 1. The van der Waals surface area contributed by atoms with Crippen LogP contribution in [0.5, 0.6) is 0 Å². The van der Waals surface area contributed by atoms with Gasteiger partial charge in [-0.3, -0.25) is 4.90 Å². The van der Waals surface area contributed by atoms with Crippen LogP contribution in [0.2, 0.25) is 0 Å². The summed E-state index contributed by atoms with van der Waals surface area (Å²) in [5.74, 6) is 0. The lowest BCUT2D eigenvalue weighted by Gasteiger charge is -2.49. The Bertz CT molecular complexity index is 331. The lowest BCUT2D eigenvalue weighted by atomic mass is 9.83. The first-order chi connectivity index (χ1) is 9.31. The fourth-order valence-electron chi connectivity index (χ4n) is 4.12. The third-order valence-electron chi connectivity index (χ3n) is 4.98. The molecule has 19 heavy (non-hydrogen) atoms. The largest absolute Gasteiger partial charge is 0.453 e. The van der Waals surface area contributed by atoms with E-state index in [1.165, 1.54) is 45.9 Å². The van der Waals surface area contributed by atoms with E-state index in [2.05, 4.69) is 10.2 Å². The van der Waals surface area contributed by atoms with E-state index in [9.17, 15) is 4.79 Å². The lowest BCUT2D eigenvalue weighted by molar-refractivity contribution is 0.0286. The van der Waals surface area contributed by atoms with Gasteiger partial charge < -0.3 is 15.0 Å². The fraction of sp³-hybridized carbons (Fsp3) is 0.929. The number of amides is 1. The minimum Gasteiger partial charge on any atom is -0.453 e. The first-order valence-corrected chi connectivity index (χ1v) is 7.63. The van der Waals surface area contributed by atoms with Crippen LogP contribution in [0.15, 0.2) is 0 Å². The predicted octanol–water partition coefficient (Wildman–Crippen LogP) is 1.04. The van der Waals surface area contributed by atoms with Crippen molar-refractivity contribution < 1.29 is 9.53 Å². The minimum atomic E-state index is -0.154. The molecular formula is C14H25N3O2. The van der Waals surface area contributed by atoms with Gasteiger partial charge in [0.1, 0.15) is 0 Å². The molecule has 2 heterocycles. The molecule has 0 radical (unpaired) electrons. The highest BCUT2D eigenvalue weighted by atomic mass is 16.5. The molecule has 1 aliphatic carbocycles. The number of hydrogen-bond donors (Lipinski definition) is 1. The van der Waals surface area contributed by atoms with Crippen molar-refractivity contribution in [2.45, 2.75) is 50.2 Å². The van der Waals surface area contributed by atoms with Gasteiger partial charge in [0.2, 0.25) is 0 Å². The molecule has 0 aromatic heterocycles. The molecular weight excluding hydrogens is 242 g/mol. The summed E-state index contributed by atoms with van der Waals surface area (Å²) in [6, 6.07) is 1.36. The summed E-state index contributed by atoms with van der Waals surface area (Å²) >= 11 is 0. The maximum absolute atomic E-state index is 11.9. The van der Waals surface area contributed by atoms with Crippen LogP contribution < -0.4 is 5.32 Å². The van der Waals surface area contributed by atoms with Crippen molar-refractivity contribution >= 4 is 6.09 Å². The second-order valence-corrected chi connectivity index (χ2v) is 5.95. The Morgan fingerprint density at radius 3 is 2.58 bits per heavy atom. The van der Waals surface area contributed by atoms with Gasteiger partial charge >= 0.3 is 6.09 Å². The molecule has 0 aromatic carbocycles. The molecule has 3 atom stereocenters. The number of piperazine rings is 1. The highest BCUT2D eigenvalue weighted by molar-refractivity contribution is 5.68. The average molecular weight is 267 g/mol. The van der Waals surface area contributed by atoms with Crippen LogP contribution in [0.1, 0.15) is 32.1 Å². The van der Waals surface area contributed by atoms with Gasteiger partial charge in [-0.25, -0.2) is 4.79 Å². The summed E-state index contributed by atoms with van der Waals surface area (Å²) in [4.78, 5) is 16.5. The molecule has 2 saturated heterocycles. The van der Waals surface area contributed by atoms with Crippen LogP contribution in [0, 0.1) is 0 Å². The van der Waals surface area contributed by atoms with E-state index < -0.39 is 0 Å². The molecule has 2 aliphatic heterocycles. The number of likely N-dealkylation sites (tertiary alicyclic amines) is 1. The predicted molar refractivity (Wildman–Crippen MR) is 73.1 cm³/mol. The van der Waals surface area contributed by atoms with Crippen LogP contribution >= 0.6 is 0 Å². The molecule has 5 heteroatoms. The quantitative estimate of drug-likeness (QED) is 0.771. The normalized spacial score (nSPS) is 36.1. The SMILES string of the molecule is COC(=O)N1CCN[C@H]2C1CCC[C@@H]2N1CCCC1. The number of nitrogens with zero attached hydrogens (tertiary/aromatic N) is 2. The van der Waals surface area contributed by atoms with E-state index in [-0.39, 0.29) is 6.09 Å². The first-order valence-electron chi connectivity index (χ1n) is 7.63. The molecule has 3 fully saturated rings. The molecule has 1 saturated carbocycles. The van der Waals surface area contributed by atoms with Crippen molar-refractivity contribution in [3.8, 4) is 0 Å². The van der Waals surface area contributed by atoms with Gasteiger partial charge in [0, 0.05) is 25.2 Å². The summed E-state index contributed by atoms with van der Waals surface area (Å²) in [7, 11) is 1.49. The minimum absolute atomic E-state index is 0.154. The van der Waals surface area contributed by atoms with E-state index in [4.69, 9.17) is 4.74 Å². The van der Waals surface area contributed by atoms with Gasteiger partial charge in [0.05, 0.1) is 13.2 Å². The Balaban J connectivity index is 1.74. The van der Waals surface area contributed by atoms with E-state index in [0.29, 0.717) is 18.1 Å². The Hall–Kier alpha value is -0.810. The molecule has 0 aromatic rings. The van der Waals surface area contributed by atoms with E-state index in [1.54, 1.807) is 0 Å². The topological polar surface area (TPSA) is 44.8 Å². The maximum Gasteiger partial charge on any atom is 0.409 e. The number of rotatable bonds is 1. The number of carbonyl (C=O) groups is 1. The number of ether oxygens (including phenoxy) is 1. The summed E-state index contributed by atoms with van der Waals surface area (Å²) in [5.41, 5.74) is 0. The smallest absolute Gasteiger partial charge is 0.409 e. The van der Waals surface area contributed by atoms with Crippen LogP contribution in [0.3, 0.4) is 0 Å². The Labute approximate surface area is 115 Å². The van der Waals surface area contributed by atoms with Gasteiger partial charge in [-0.05, 0) is 45.2 Å². The van der Waals surface area contributed by atoms with Crippen LogP contribution in [0.25, 0.3) is 0 Å². The van der Waals surface area contributed by atoms with Gasteiger partial charge in [-0.15, -0.1) is 0 Å². The van der Waals surface area contributed by atoms with Crippen LogP contribution in [-0.2, 0) is 4.74 Å². The van der Waals surface area contributed by atoms with Crippen molar-refractivity contribution in [2.75, 3.05) is 33.3 Å². The van der Waals surface area contributed by atoms with Crippen LogP contribution in [0.4, 0.5) is 4.79 Å². The summed E-state index contributed by atoms with van der Waals surface area (Å²) in [6.45, 7) is 4.13. The molecule has 108 valence electrons. The van der Waals surface area contributed by atoms with Gasteiger partial charge in [-0.1, -0.05) is 0 Å². The zero-order chi connectivity index (χ0) is 13.2. The van der Waals surface area contributed by atoms with Crippen molar-refractivity contribution in [3.63, 3.8) is 0 Å². The van der Waals surface area contributed by atoms with E-state index in [1.807, 2.05) is 4.90 Å². The Kier molecular flexibility index (Phi) is 3.93.